The maximum Gasteiger partial charge on any atom is 0.248 e. The van der Waals surface area contributed by atoms with E-state index in [4.69, 9.17) is 24.9 Å². The van der Waals surface area contributed by atoms with Gasteiger partial charge in [-0.3, -0.25) is 9.36 Å². The molecule has 0 spiro atoms. The number of primary amides is 1. The molecule has 4 aromatic rings. The van der Waals surface area contributed by atoms with Crippen molar-refractivity contribution in [1.29, 1.82) is 0 Å². The summed E-state index contributed by atoms with van der Waals surface area (Å²) in [6, 6.07) is 15.4. The van der Waals surface area contributed by atoms with E-state index in [1.165, 1.54) is 0 Å². The van der Waals surface area contributed by atoms with Gasteiger partial charge in [0.15, 0.2) is 0 Å². The van der Waals surface area contributed by atoms with Crippen molar-refractivity contribution < 1.29 is 19.0 Å². The summed E-state index contributed by atoms with van der Waals surface area (Å²) < 4.78 is 19.4. The molecule has 38 heavy (non-hydrogen) atoms. The lowest BCUT2D eigenvalue weighted by Crippen LogP contribution is -2.22. The van der Waals surface area contributed by atoms with Gasteiger partial charge in [-0.05, 0) is 73.9 Å². The van der Waals surface area contributed by atoms with Gasteiger partial charge in [0.05, 0.1) is 23.2 Å². The number of aromatic nitrogens is 2. The topological polar surface area (TPSA) is 101 Å². The lowest BCUT2D eigenvalue weighted by atomic mass is 10.0. The van der Waals surface area contributed by atoms with E-state index in [0.717, 1.165) is 77.0 Å². The number of methoxy groups -OCH3 is 1. The zero-order valence-electron chi connectivity index (χ0n) is 21.8. The number of anilines is 1. The first-order valence-corrected chi connectivity index (χ1v) is 13.8. The SMILES string of the molecule is COc1ccc(Oc2cc(NCC3CCOCC3)c3ncn(-c4ccc(C(N)=O)c(C)c4)c3c2)c(SC)c1. The lowest BCUT2D eigenvalue weighted by molar-refractivity contribution is 0.0699. The summed E-state index contributed by atoms with van der Waals surface area (Å²) >= 11 is 1.60. The minimum absolute atomic E-state index is 0.441. The van der Waals surface area contributed by atoms with E-state index in [1.807, 2.05) is 60.2 Å². The fourth-order valence-electron chi connectivity index (χ4n) is 4.75. The highest BCUT2D eigenvalue weighted by molar-refractivity contribution is 7.98. The Kier molecular flexibility index (Phi) is 7.76. The minimum Gasteiger partial charge on any atom is -0.497 e. The van der Waals surface area contributed by atoms with E-state index in [9.17, 15) is 4.79 Å². The average Bonchev–Trinajstić information content (AvgIpc) is 3.36. The van der Waals surface area contributed by atoms with Crippen LogP contribution in [0.15, 0.2) is 59.8 Å². The van der Waals surface area contributed by atoms with Crippen LogP contribution < -0.4 is 20.5 Å². The van der Waals surface area contributed by atoms with E-state index in [2.05, 4.69) is 5.32 Å². The highest BCUT2D eigenvalue weighted by Crippen LogP contribution is 2.38. The van der Waals surface area contributed by atoms with Gasteiger partial charge < -0.3 is 25.3 Å². The monoisotopic (exact) mass is 532 g/mol. The molecule has 1 saturated heterocycles. The van der Waals surface area contributed by atoms with Gasteiger partial charge in [-0.15, -0.1) is 11.8 Å². The number of aryl methyl sites for hydroxylation is 1. The van der Waals surface area contributed by atoms with Crippen LogP contribution in [0.5, 0.6) is 17.2 Å². The van der Waals surface area contributed by atoms with Crippen molar-refractivity contribution >= 4 is 34.4 Å². The molecule has 3 N–H and O–H groups in total. The Balaban J connectivity index is 1.55. The number of thioether (sulfide) groups is 1. The number of ether oxygens (including phenoxy) is 3. The summed E-state index contributed by atoms with van der Waals surface area (Å²) in [4.78, 5) is 17.5. The fourth-order valence-corrected chi connectivity index (χ4v) is 5.30. The van der Waals surface area contributed by atoms with Gasteiger partial charge in [0, 0.05) is 43.1 Å². The van der Waals surface area contributed by atoms with E-state index in [-0.39, 0.29) is 0 Å². The molecule has 0 bridgehead atoms. The Morgan fingerprint density at radius 2 is 1.97 bits per heavy atom. The molecule has 5 rings (SSSR count). The molecule has 0 unspecified atom stereocenters. The average molecular weight is 533 g/mol. The molecular formula is C29H32N4O4S. The maximum atomic E-state index is 11.8. The van der Waals surface area contributed by atoms with Gasteiger partial charge in [-0.25, -0.2) is 4.98 Å². The standard InChI is InChI=1S/C29H32N4O4S/c1-18-12-20(4-6-23(18)29(30)34)33-17-32-28-24(31-16-19-8-10-36-11-9-19)13-22(14-25(28)33)37-26-7-5-21(35-2)15-27(26)38-3/h4-7,12-15,17,19,31H,8-11,16H2,1-3H3,(H2,30,34). The summed E-state index contributed by atoms with van der Waals surface area (Å²) in [6.07, 6.45) is 5.89. The first-order valence-electron chi connectivity index (χ1n) is 12.6. The normalized spacial score (nSPS) is 14.0. The number of rotatable bonds is 9. The number of hydrogen-bond acceptors (Lipinski definition) is 7. The van der Waals surface area contributed by atoms with E-state index >= 15 is 0 Å². The second-order valence-electron chi connectivity index (χ2n) is 9.37. The highest BCUT2D eigenvalue weighted by Gasteiger charge is 2.18. The van der Waals surface area contributed by atoms with Gasteiger partial charge in [-0.2, -0.15) is 0 Å². The number of nitrogens with zero attached hydrogens (tertiary/aromatic N) is 2. The van der Waals surface area contributed by atoms with Crippen molar-refractivity contribution in [1.82, 2.24) is 9.55 Å². The predicted molar refractivity (Wildman–Crippen MR) is 151 cm³/mol. The Morgan fingerprint density at radius 3 is 2.68 bits per heavy atom. The molecule has 1 fully saturated rings. The molecule has 0 atom stereocenters. The summed E-state index contributed by atoms with van der Waals surface area (Å²) in [5, 5.41) is 3.63. The van der Waals surface area contributed by atoms with Crippen molar-refractivity contribution in [2.24, 2.45) is 11.7 Å². The number of amides is 1. The number of imidazole rings is 1. The Labute approximate surface area is 226 Å². The summed E-state index contributed by atoms with van der Waals surface area (Å²) in [6.45, 7) is 4.32. The third-order valence-electron chi connectivity index (χ3n) is 6.90. The van der Waals surface area contributed by atoms with Crippen LogP contribution in [0.1, 0.15) is 28.8 Å². The van der Waals surface area contributed by atoms with Crippen molar-refractivity contribution in [3.05, 3.63) is 66.0 Å². The van der Waals surface area contributed by atoms with Crippen molar-refractivity contribution in [2.75, 3.05) is 38.4 Å². The summed E-state index contributed by atoms with van der Waals surface area (Å²) in [5.74, 6) is 2.33. The van der Waals surface area contributed by atoms with E-state index in [0.29, 0.717) is 17.2 Å². The number of benzene rings is 3. The maximum absolute atomic E-state index is 11.8. The van der Waals surface area contributed by atoms with Crippen molar-refractivity contribution in [2.45, 2.75) is 24.7 Å². The van der Waals surface area contributed by atoms with Gasteiger partial charge in [0.1, 0.15) is 29.1 Å². The number of hydrogen-bond donors (Lipinski definition) is 2. The van der Waals surface area contributed by atoms with Crippen LogP contribution in [-0.2, 0) is 4.74 Å². The zero-order valence-corrected chi connectivity index (χ0v) is 22.6. The van der Waals surface area contributed by atoms with Crippen molar-refractivity contribution in [3.8, 4) is 22.9 Å². The molecule has 2 heterocycles. The van der Waals surface area contributed by atoms with Crippen LogP contribution in [0.2, 0.25) is 0 Å². The summed E-state index contributed by atoms with van der Waals surface area (Å²) in [7, 11) is 1.66. The van der Waals surface area contributed by atoms with E-state index < -0.39 is 5.91 Å². The molecule has 3 aromatic carbocycles. The quantitative estimate of drug-likeness (QED) is 0.263. The first-order chi connectivity index (χ1) is 18.5. The molecule has 8 nitrogen and oxygen atoms in total. The first kappa shape index (κ1) is 25.9. The molecular weight excluding hydrogens is 500 g/mol. The number of fused-ring (bicyclic) bond motifs is 1. The molecule has 0 saturated carbocycles. The third kappa shape index (κ3) is 5.44. The molecule has 1 aliphatic rings. The molecule has 0 radical (unpaired) electrons. The van der Waals surface area contributed by atoms with Crippen LogP contribution in [-0.4, -0.2) is 48.6 Å². The highest BCUT2D eigenvalue weighted by atomic mass is 32.2. The molecule has 0 aliphatic carbocycles. The van der Waals surface area contributed by atoms with Crippen LogP contribution in [0.4, 0.5) is 5.69 Å². The van der Waals surface area contributed by atoms with Crippen molar-refractivity contribution in [3.63, 3.8) is 0 Å². The van der Waals surface area contributed by atoms with Gasteiger partial charge in [0.2, 0.25) is 5.91 Å². The zero-order chi connectivity index (χ0) is 26.6. The summed E-state index contributed by atoms with van der Waals surface area (Å²) in [5.41, 5.74) is 10.4. The molecule has 9 heteroatoms. The Morgan fingerprint density at radius 1 is 1.16 bits per heavy atom. The fraction of sp³-hybridized carbons (Fsp3) is 0.310. The van der Waals surface area contributed by atoms with Gasteiger partial charge in [0.25, 0.3) is 0 Å². The molecule has 1 aliphatic heterocycles. The van der Waals surface area contributed by atoms with E-state index in [1.54, 1.807) is 31.3 Å². The molecule has 1 aromatic heterocycles. The minimum atomic E-state index is -0.441. The lowest BCUT2D eigenvalue weighted by Gasteiger charge is -2.23. The molecule has 198 valence electrons. The van der Waals surface area contributed by atoms with Crippen LogP contribution in [0, 0.1) is 12.8 Å². The second kappa shape index (κ2) is 11.4. The van der Waals surface area contributed by atoms with Crippen LogP contribution in [0.3, 0.4) is 0 Å². The Bertz CT molecular complexity index is 1460. The molecule has 1 amide bonds. The number of nitrogens with two attached hydrogens (primary N) is 1. The second-order valence-corrected chi connectivity index (χ2v) is 10.2. The van der Waals surface area contributed by atoms with Crippen LogP contribution >= 0.6 is 11.8 Å². The largest absolute Gasteiger partial charge is 0.497 e. The van der Waals surface area contributed by atoms with Gasteiger partial charge >= 0.3 is 0 Å². The number of carbonyl (C=O) groups is 1. The Hall–Kier alpha value is -3.69. The van der Waals surface area contributed by atoms with Crippen LogP contribution in [0.25, 0.3) is 16.7 Å². The van der Waals surface area contributed by atoms with Gasteiger partial charge in [-0.1, -0.05) is 0 Å². The predicted octanol–water partition coefficient (Wildman–Crippen LogP) is 5.79. The third-order valence-corrected chi connectivity index (χ3v) is 7.66. The number of carbonyl (C=O) groups excluding carboxylic acids is 1. The number of nitrogens with one attached hydrogen (secondary N) is 1. The smallest absolute Gasteiger partial charge is 0.248 e.